The second-order valence-corrected chi connectivity index (χ2v) is 7.99. The normalized spacial score (nSPS) is 15.3. The molecule has 9 heteroatoms. The fourth-order valence-corrected chi connectivity index (χ4v) is 4.36. The molecule has 1 aliphatic rings. The molecule has 0 radical (unpaired) electrons. The molecule has 0 saturated carbocycles. The molecule has 32 heavy (non-hydrogen) atoms. The van der Waals surface area contributed by atoms with Crippen molar-refractivity contribution in [1.29, 1.82) is 0 Å². The molecule has 1 amide bonds. The number of nitrogens with zero attached hydrogens (tertiary/aromatic N) is 2. The van der Waals surface area contributed by atoms with E-state index < -0.39 is 23.2 Å². The first-order chi connectivity index (χ1) is 15.4. The zero-order valence-corrected chi connectivity index (χ0v) is 18.1. The summed E-state index contributed by atoms with van der Waals surface area (Å²) in [4.78, 5) is 32.5. The van der Waals surface area contributed by atoms with Gasteiger partial charge in [0.15, 0.2) is 16.9 Å². The number of benzene rings is 2. The number of aromatic nitrogens is 1. The van der Waals surface area contributed by atoms with Crippen LogP contribution in [0.15, 0.2) is 68.4 Å². The summed E-state index contributed by atoms with van der Waals surface area (Å²) in [6.07, 6.45) is 1.52. The van der Waals surface area contributed by atoms with Crippen molar-refractivity contribution < 1.29 is 23.4 Å². The van der Waals surface area contributed by atoms with Crippen molar-refractivity contribution in [3.63, 3.8) is 0 Å². The molecule has 2 aromatic heterocycles. The summed E-state index contributed by atoms with van der Waals surface area (Å²) in [5.74, 6) is -0.985. The summed E-state index contributed by atoms with van der Waals surface area (Å²) >= 11 is 3.28. The van der Waals surface area contributed by atoms with Gasteiger partial charge in [0, 0.05) is 6.20 Å². The number of phenolic OH excluding ortho intramolecular Hbond substituents is 1. The lowest BCUT2D eigenvalue weighted by Gasteiger charge is -2.24. The standard InChI is InChI=1S/C23H14BrFN2O5/c1-31-16-9-11(8-14(24)21(16)29)19-18-20(28)13-10-12(25)5-6-15(13)32-22(18)23(30)27(19)17-4-2-3-7-26-17/h2-10,19,29H,1H3. The van der Waals surface area contributed by atoms with Crippen molar-refractivity contribution in [2.24, 2.45) is 0 Å². The van der Waals surface area contributed by atoms with Gasteiger partial charge < -0.3 is 14.3 Å². The van der Waals surface area contributed by atoms with E-state index in [1.165, 1.54) is 30.3 Å². The molecule has 0 saturated heterocycles. The largest absolute Gasteiger partial charge is 0.503 e. The molecule has 0 fully saturated rings. The SMILES string of the molecule is COc1cc(C2c3c(oc4ccc(F)cc4c3=O)C(=O)N2c2ccccn2)cc(Br)c1O. The summed E-state index contributed by atoms with van der Waals surface area (Å²) in [6, 6.07) is 10.8. The minimum Gasteiger partial charge on any atom is -0.503 e. The van der Waals surface area contributed by atoms with Crippen molar-refractivity contribution in [2.45, 2.75) is 6.04 Å². The molecule has 1 atom stereocenters. The van der Waals surface area contributed by atoms with E-state index in [2.05, 4.69) is 20.9 Å². The van der Waals surface area contributed by atoms with Crippen molar-refractivity contribution in [3.8, 4) is 11.5 Å². The fraction of sp³-hybridized carbons (Fsp3) is 0.0870. The molecule has 2 aromatic carbocycles. The summed E-state index contributed by atoms with van der Waals surface area (Å²) in [5.41, 5.74) is 0.0982. The summed E-state index contributed by atoms with van der Waals surface area (Å²) in [5, 5.41) is 10.3. The molecule has 4 aromatic rings. The number of pyridine rings is 1. The number of rotatable bonds is 3. The summed E-state index contributed by atoms with van der Waals surface area (Å²) in [7, 11) is 1.39. The molecule has 0 aliphatic carbocycles. The van der Waals surface area contributed by atoms with E-state index in [0.717, 1.165) is 12.1 Å². The Morgan fingerprint density at radius 1 is 1.19 bits per heavy atom. The first-order valence-corrected chi connectivity index (χ1v) is 10.3. The highest BCUT2D eigenvalue weighted by molar-refractivity contribution is 9.10. The highest BCUT2D eigenvalue weighted by atomic mass is 79.9. The van der Waals surface area contributed by atoms with Crippen molar-refractivity contribution in [1.82, 2.24) is 4.98 Å². The van der Waals surface area contributed by atoms with Crippen LogP contribution in [-0.2, 0) is 0 Å². The van der Waals surface area contributed by atoms with Crippen LogP contribution in [0.1, 0.15) is 27.7 Å². The van der Waals surface area contributed by atoms with E-state index in [4.69, 9.17) is 9.15 Å². The molecule has 1 N–H and O–H groups in total. The third kappa shape index (κ3) is 2.96. The number of hydrogen-bond donors (Lipinski definition) is 1. The maximum absolute atomic E-state index is 13.9. The lowest BCUT2D eigenvalue weighted by Crippen LogP contribution is -2.30. The van der Waals surface area contributed by atoms with Gasteiger partial charge in [0.05, 0.1) is 28.6 Å². The van der Waals surface area contributed by atoms with E-state index in [1.807, 2.05) is 0 Å². The molecule has 5 rings (SSSR count). The number of anilines is 1. The predicted octanol–water partition coefficient (Wildman–Crippen LogP) is 4.55. The van der Waals surface area contributed by atoms with Gasteiger partial charge in [-0.05, 0) is 64.0 Å². The van der Waals surface area contributed by atoms with E-state index in [9.17, 15) is 19.1 Å². The van der Waals surface area contributed by atoms with Crippen LogP contribution in [0.5, 0.6) is 11.5 Å². The topological polar surface area (TPSA) is 92.9 Å². The number of fused-ring (bicyclic) bond motifs is 2. The average Bonchev–Trinajstić information content (AvgIpc) is 3.09. The van der Waals surface area contributed by atoms with E-state index in [-0.39, 0.29) is 33.8 Å². The van der Waals surface area contributed by atoms with E-state index in [1.54, 1.807) is 24.3 Å². The molecule has 3 heterocycles. The molecule has 0 bridgehead atoms. The summed E-state index contributed by atoms with van der Waals surface area (Å²) in [6.45, 7) is 0. The smallest absolute Gasteiger partial charge is 0.296 e. The van der Waals surface area contributed by atoms with Crippen LogP contribution >= 0.6 is 15.9 Å². The number of ether oxygens (including phenoxy) is 1. The maximum Gasteiger partial charge on any atom is 0.296 e. The third-order valence-corrected chi connectivity index (χ3v) is 5.92. The molecular weight excluding hydrogens is 483 g/mol. The molecular formula is C23H14BrFN2O5. The Bertz CT molecular complexity index is 1450. The average molecular weight is 497 g/mol. The van der Waals surface area contributed by atoms with Gasteiger partial charge in [-0.2, -0.15) is 0 Å². The van der Waals surface area contributed by atoms with Gasteiger partial charge >= 0.3 is 0 Å². The van der Waals surface area contributed by atoms with Gasteiger partial charge in [-0.25, -0.2) is 9.37 Å². The Morgan fingerprint density at radius 3 is 2.72 bits per heavy atom. The van der Waals surface area contributed by atoms with E-state index in [0.29, 0.717) is 15.9 Å². The minimum atomic E-state index is -0.942. The number of phenols is 1. The van der Waals surface area contributed by atoms with Crippen molar-refractivity contribution >= 4 is 38.6 Å². The van der Waals surface area contributed by atoms with Gasteiger partial charge in [0.25, 0.3) is 5.91 Å². The molecule has 0 spiro atoms. The number of aromatic hydroxyl groups is 1. The van der Waals surface area contributed by atoms with Crippen LogP contribution in [-0.4, -0.2) is 23.1 Å². The number of hydrogen-bond acceptors (Lipinski definition) is 6. The Balaban J connectivity index is 1.85. The van der Waals surface area contributed by atoms with Crippen molar-refractivity contribution in [3.05, 3.63) is 92.1 Å². The van der Waals surface area contributed by atoms with Crippen molar-refractivity contribution in [2.75, 3.05) is 12.0 Å². The Labute approximate surface area is 188 Å². The van der Waals surface area contributed by atoms with Gasteiger partial charge in [0.1, 0.15) is 17.2 Å². The zero-order valence-electron chi connectivity index (χ0n) is 16.5. The second kappa shape index (κ2) is 7.45. The molecule has 1 unspecified atom stereocenters. The second-order valence-electron chi connectivity index (χ2n) is 7.13. The Hall–Kier alpha value is -3.72. The minimum absolute atomic E-state index is 0.0224. The third-order valence-electron chi connectivity index (χ3n) is 5.31. The van der Waals surface area contributed by atoms with Crippen LogP contribution in [0.2, 0.25) is 0 Å². The summed E-state index contributed by atoms with van der Waals surface area (Å²) < 4.78 is 25.2. The first kappa shape index (κ1) is 20.2. The number of halogens is 2. The van der Waals surface area contributed by atoms with Crippen LogP contribution < -0.4 is 15.1 Å². The number of amides is 1. The van der Waals surface area contributed by atoms with E-state index >= 15 is 0 Å². The van der Waals surface area contributed by atoms with Crippen LogP contribution in [0.4, 0.5) is 10.2 Å². The lowest BCUT2D eigenvalue weighted by molar-refractivity contribution is 0.0970. The van der Waals surface area contributed by atoms with Gasteiger partial charge in [-0.1, -0.05) is 6.07 Å². The molecule has 1 aliphatic heterocycles. The lowest BCUT2D eigenvalue weighted by atomic mass is 9.98. The maximum atomic E-state index is 13.9. The first-order valence-electron chi connectivity index (χ1n) is 9.48. The number of methoxy groups -OCH3 is 1. The van der Waals surface area contributed by atoms with Crippen LogP contribution in [0, 0.1) is 5.82 Å². The monoisotopic (exact) mass is 496 g/mol. The predicted molar refractivity (Wildman–Crippen MR) is 118 cm³/mol. The molecule has 7 nitrogen and oxygen atoms in total. The molecule has 160 valence electrons. The quantitative estimate of drug-likeness (QED) is 0.447. The van der Waals surface area contributed by atoms with Gasteiger partial charge in [0.2, 0.25) is 5.76 Å². The Kier molecular flexibility index (Phi) is 4.70. The van der Waals surface area contributed by atoms with Gasteiger partial charge in [-0.15, -0.1) is 0 Å². The number of carbonyl (C=O) groups excluding carboxylic acids is 1. The Morgan fingerprint density at radius 2 is 2.00 bits per heavy atom. The highest BCUT2D eigenvalue weighted by Gasteiger charge is 2.44. The van der Waals surface area contributed by atoms with Gasteiger partial charge in [-0.3, -0.25) is 14.5 Å². The fourth-order valence-electron chi connectivity index (χ4n) is 3.90. The van der Waals surface area contributed by atoms with Crippen LogP contribution in [0.3, 0.4) is 0 Å². The zero-order chi connectivity index (χ0) is 22.6. The van der Waals surface area contributed by atoms with Crippen LogP contribution in [0.25, 0.3) is 11.0 Å². The highest BCUT2D eigenvalue weighted by Crippen LogP contribution is 2.44. The number of carbonyl (C=O) groups is 1.